The number of nitrogens with one attached hydrogen (secondary N) is 2. The summed E-state index contributed by atoms with van der Waals surface area (Å²) >= 11 is 0. The Labute approximate surface area is 150 Å². The largest absolute Gasteiger partial charge is 0.469 e. The third-order valence-electron chi connectivity index (χ3n) is 3.92. The molecule has 1 aromatic rings. The molecule has 7 heteroatoms. The molecule has 1 rings (SSSR count). The van der Waals surface area contributed by atoms with Gasteiger partial charge in [0.15, 0.2) is 5.96 Å². The molecule has 25 heavy (non-hydrogen) atoms. The number of hydrogen-bond acceptors (Lipinski definition) is 5. The van der Waals surface area contributed by atoms with Gasteiger partial charge in [0.05, 0.1) is 19.3 Å². The molecule has 0 amide bonds. The van der Waals surface area contributed by atoms with Crippen molar-refractivity contribution in [2.75, 3.05) is 20.2 Å². The van der Waals surface area contributed by atoms with Gasteiger partial charge in [0, 0.05) is 31.5 Å². The predicted octanol–water partition coefficient (Wildman–Crippen LogP) is 2.59. The Balaban J connectivity index is 2.46. The summed E-state index contributed by atoms with van der Waals surface area (Å²) in [6, 6.07) is 0. The SMILES string of the molecule is CCNC(=NCc1c(CC)noc1CC)NCCCCCC(=O)OC. The molecular weight excluding hydrogens is 320 g/mol. The first-order valence-electron chi connectivity index (χ1n) is 9.21. The minimum atomic E-state index is -0.143. The highest BCUT2D eigenvalue weighted by Gasteiger charge is 2.13. The van der Waals surface area contributed by atoms with Crippen LogP contribution in [0.1, 0.15) is 63.5 Å². The van der Waals surface area contributed by atoms with Gasteiger partial charge < -0.3 is 19.9 Å². The predicted molar refractivity (Wildman–Crippen MR) is 98.6 cm³/mol. The van der Waals surface area contributed by atoms with Crippen LogP contribution in [-0.2, 0) is 28.9 Å². The monoisotopic (exact) mass is 352 g/mol. The normalized spacial score (nSPS) is 11.4. The summed E-state index contributed by atoms with van der Waals surface area (Å²) in [7, 11) is 1.42. The van der Waals surface area contributed by atoms with E-state index in [0.717, 1.165) is 68.2 Å². The minimum absolute atomic E-state index is 0.143. The van der Waals surface area contributed by atoms with Crippen molar-refractivity contribution in [2.45, 2.75) is 65.8 Å². The second kappa shape index (κ2) is 12.3. The fourth-order valence-electron chi connectivity index (χ4n) is 2.50. The third-order valence-corrected chi connectivity index (χ3v) is 3.92. The van der Waals surface area contributed by atoms with E-state index in [9.17, 15) is 4.79 Å². The molecule has 142 valence electrons. The van der Waals surface area contributed by atoms with E-state index < -0.39 is 0 Å². The maximum absolute atomic E-state index is 11.1. The van der Waals surface area contributed by atoms with E-state index in [1.54, 1.807) is 0 Å². The van der Waals surface area contributed by atoms with Crippen LogP contribution < -0.4 is 10.6 Å². The number of methoxy groups -OCH3 is 1. The molecule has 0 saturated heterocycles. The Bertz CT molecular complexity index is 519. The van der Waals surface area contributed by atoms with E-state index in [1.165, 1.54) is 7.11 Å². The van der Waals surface area contributed by atoms with Crippen LogP contribution in [0.2, 0.25) is 0 Å². The van der Waals surface area contributed by atoms with Crippen LogP contribution in [0, 0.1) is 0 Å². The lowest BCUT2D eigenvalue weighted by molar-refractivity contribution is -0.140. The van der Waals surface area contributed by atoms with Gasteiger partial charge in [0.2, 0.25) is 0 Å². The number of unbranched alkanes of at least 4 members (excludes halogenated alkanes) is 2. The summed E-state index contributed by atoms with van der Waals surface area (Å²) in [5, 5.41) is 10.7. The van der Waals surface area contributed by atoms with Gasteiger partial charge in [0.1, 0.15) is 5.76 Å². The topological polar surface area (TPSA) is 88.8 Å². The Hall–Kier alpha value is -2.05. The highest BCUT2D eigenvalue weighted by Crippen LogP contribution is 2.16. The van der Waals surface area contributed by atoms with Gasteiger partial charge in [-0.05, 0) is 26.2 Å². The first kappa shape index (κ1) is 21.0. The van der Waals surface area contributed by atoms with Gasteiger partial charge in [-0.3, -0.25) is 4.79 Å². The Morgan fingerprint density at radius 1 is 1.16 bits per heavy atom. The molecule has 0 unspecified atom stereocenters. The maximum Gasteiger partial charge on any atom is 0.305 e. The number of carbonyl (C=O) groups excluding carboxylic acids is 1. The smallest absolute Gasteiger partial charge is 0.305 e. The number of aliphatic imine (C=N–C) groups is 1. The number of aromatic nitrogens is 1. The van der Waals surface area contributed by atoms with E-state index in [0.29, 0.717) is 13.0 Å². The average molecular weight is 352 g/mol. The van der Waals surface area contributed by atoms with Gasteiger partial charge in [-0.1, -0.05) is 25.4 Å². The summed E-state index contributed by atoms with van der Waals surface area (Å²) in [5.74, 6) is 1.56. The highest BCUT2D eigenvalue weighted by atomic mass is 16.5. The Morgan fingerprint density at radius 2 is 1.96 bits per heavy atom. The lowest BCUT2D eigenvalue weighted by Crippen LogP contribution is -2.37. The molecule has 0 radical (unpaired) electrons. The van der Waals surface area contributed by atoms with E-state index in [4.69, 9.17) is 4.52 Å². The number of nitrogens with zero attached hydrogens (tertiary/aromatic N) is 2. The van der Waals surface area contributed by atoms with Gasteiger partial charge in [-0.2, -0.15) is 0 Å². The molecule has 0 aliphatic carbocycles. The van der Waals surface area contributed by atoms with Crippen molar-refractivity contribution >= 4 is 11.9 Å². The number of guanidine groups is 1. The van der Waals surface area contributed by atoms with Crippen LogP contribution in [0.3, 0.4) is 0 Å². The van der Waals surface area contributed by atoms with E-state index >= 15 is 0 Å². The summed E-state index contributed by atoms with van der Waals surface area (Å²) < 4.78 is 10.0. The van der Waals surface area contributed by atoms with Crippen molar-refractivity contribution < 1.29 is 14.1 Å². The molecule has 0 bridgehead atoms. The molecule has 0 aliphatic heterocycles. The first-order chi connectivity index (χ1) is 12.2. The van der Waals surface area contributed by atoms with Crippen LogP contribution in [-0.4, -0.2) is 37.3 Å². The molecule has 0 saturated carbocycles. The fourth-order valence-corrected chi connectivity index (χ4v) is 2.50. The summed E-state index contributed by atoms with van der Waals surface area (Å²) in [6.07, 6.45) is 4.96. The Morgan fingerprint density at radius 3 is 2.60 bits per heavy atom. The first-order valence-corrected chi connectivity index (χ1v) is 9.21. The molecular formula is C18H32N4O3. The van der Waals surface area contributed by atoms with Crippen LogP contribution in [0.25, 0.3) is 0 Å². The lowest BCUT2D eigenvalue weighted by atomic mass is 10.1. The number of esters is 1. The van der Waals surface area contributed by atoms with E-state index in [1.807, 2.05) is 6.92 Å². The zero-order chi connectivity index (χ0) is 18.5. The summed E-state index contributed by atoms with van der Waals surface area (Å²) in [4.78, 5) is 15.7. The fraction of sp³-hybridized carbons (Fsp3) is 0.722. The van der Waals surface area contributed by atoms with Crippen LogP contribution >= 0.6 is 0 Å². The van der Waals surface area contributed by atoms with E-state index in [2.05, 4.69) is 39.4 Å². The zero-order valence-electron chi connectivity index (χ0n) is 16.0. The zero-order valence-corrected chi connectivity index (χ0v) is 16.0. The number of hydrogen-bond donors (Lipinski definition) is 2. The third kappa shape index (κ3) is 7.58. The summed E-state index contributed by atoms with van der Waals surface area (Å²) in [5.41, 5.74) is 2.08. The van der Waals surface area contributed by atoms with Crippen molar-refractivity contribution in [3.63, 3.8) is 0 Å². The van der Waals surface area contributed by atoms with Crippen molar-refractivity contribution in [1.29, 1.82) is 0 Å². The quantitative estimate of drug-likeness (QED) is 0.275. The van der Waals surface area contributed by atoms with Crippen molar-refractivity contribution in [2.24, 2.45) is 4.99 Å². The van der Waals surface area contributed by atoms with Crippen molar-refractivity contribution in [3.05, 3.63) is 17.0 Å². The van der Waals surface area contributed by atoms with Gasteiger partial charge in [-0.15, -0.1) is 0 Å². The Kier molecular flexibility index (Phi) is 10.4. The molecule has 1 heterocycles. The minimum Gasteiger partial charge on any atom is -0.469 e. The highest BCUT2D eigenvalue weighted by molar-refractivity contribution is 5.79. The summed E-state index contributed by atoms with van der Waals surface area (Å²) in [6.45, 7) is 8.36. The average Bonchev–Trinajstić information content (AvgIpc) is 3.03. The number of carbonyl (C=O) groups is 1. The molecule has 7 nitrogen and oxygen atoms in total. The molecule has 2 N–H and O–H groups in total. The van der Waals surface area contributed by atoms with Crippen LogP contribution in [0.15, 0.2) is 9.52 Å². The molecule has 0 fully saturated rings. The van der Waals surface area contributed by atoms with Crippen molar-refractivity contribution in [3.8, 4) is 0 Å². The molecule has 0 aliphatic rings. The van der Waals surface area contributed by atoms with E-state index in [-0.39, 0.29) is 5.97 Å². The molecule has 1 aromatic heterocycles. The van der Waals surface area contributed by atoms with Crippen LogP contribution in [0.5, 0.6) is 0 Å². The van der Waals surface area contributed by atoms with Crippen LogP contribution in [0.4, 0.5) is 0 Å². The molecule has 0 spiro atoms. The van der Waals surface area contributed by atoms with Crippen molar-refractivity contribution in [1.82, 2.24) is 15.8 Å². The number of rotatable bonds is 11. The second-order valence-electron chi connectivity index (χ2n) is 5.75. The number of ether oxygens (including phenoxy) is 1. The van der Waals surface area contributed by atoms with Gasteiger partial charge in [-0.25, -0.2) is 4.99 Å². The lowest BCUT2D eigenvalue weighted by Gasteiger charge is -2.11. The van der Waals surface area contributed by atoms with Gasteiger partial charge >= 0.3 is 5.97 Å². The standard InChI is InChI=1S/C18H32N4O3/c1-5-15-14(16(6-2)25-22-15)13-21-18(19-7-3)20-12-10-8-9-11-17(23)24-4/h5-13H2,1-4H3,(H2,19,20,21). The maximum atomic E-state index is 11.1. The number of aryl methyl sites for hydroxylation is 2. The van der Waals surface area contributed by atoms with Gasteiger partial charge in [0.25, 0.3) is 0 Å². The second-order valence-corrected chi connectivity index (χ2v) is 5.75. The molecule has 0 aromatic carbocycles. The molecule has 0 atom stereocenters.